The molecule has 1 aromatic heterocycles. The van der Waals surface area contributed by atoms with E-state index in [-0.39, 0.29) is 0 Å². The molecule has 0 amide bonds. The Labute approximate surface area is 120 Å². The maximum absolute atomic E-state index is 4.20. The van der Waals surface area contributed by atoms with Gasteiger partial charge in [0.2, 0.25) is 0 Å². The molecule has 0 saturated carbocycles. The van der Waals surface area contributed by atoms with E-state index in [0.717, 1.165) is 25.5 Å². The second-order valence-electron chi connectivity index (χ2n) is 5.22. The van der Waals surface area contributed by atoms with E-state index in [1.54, 1.807) is 7.05 Å². The van der Waals surface area contributed by atoms with Crippen LogP contribution < -0.4 is 10.6 Å². The molecule has 0 bridgehead atoms. The smallest absolute Gasteiger partial charge is 0.191 e. The van der Waals surface area contributed by atoms with Gasteiger partial charge in [0.1, 0.15) is 0 Å². The first-order valence-corrected chi connectivity index (χ1v) is 7.22. The molecule has 4 heteroatoms. The minimum atomic E-state index is 0.398. The molecule has 2 aromatic rings. The van der Waals surface area contributed by atoms with Crippen LogP contribution in [0.2, 0.25) is 0 Å². The van der Waals surface area contributed by atoms with Gasteiger partial charge in [-0.15, -0.1) is 0 Å². The molecular formula is C16H24N4. The zero-order valence-corrected chi connectivity index (χ0v) is 12.6. The summed E-state index contributed by atoms with van der Waals surface area (Å²) in [5.74, 6) is 0.873. The molecule has 4 nitrogen and oxygen atoms in total. The number of hydrogen-bond acceptors (Lipinski definition) is 1. The second-order valence-corrected chi connectivity index (χ2v) is 5.22. The van der Waals surface area contributed by atoms with Gasteiger partial charge >= 0.3 is 0 Å². The van der Waals surface area contributed by atoms with Crippen LogP contribution in [-0.4, -0.2) is 30.2 Å². The molecule has 0 aliphatic carbocycles. The van der Waals surface area contributed by atoms with Crippen molar-refractivity contribution in [1.82, 2.24) is 15.2 Å². The van der Waals surface area contributed by atoms with Gasteiger partial charge in [-0.2, -0.15) is 0 Å². The molecule has 0 unspecified atom stereocenters. The fourth-order valence-corrected chi connectivity index (χ4v) is 2.26. The summed E-state index contributed by atoms with van der Waals surface area (Å²) in [5, 5.41) is 7.93. The molecule has 0 atom stereocenters. The number of para-hydroxylation sites is 1. The van der Waals surface area contributed by atoms with Crippen molar-refractivity contribution in [2.24, 2.45) is 4.99 Å². The third kappa shape index (κ3) is 3.76. The summed E-state index contributed by atoms with van der Waals surface area (Å²) in [6.45, 7) is 6.15. The van der Waals surface area contributed by atoms with Crippen LogP contribution in [0, 0.1) is 0 Å². The van der Waals surface area contributed by atoms with E-state index in [1.807, 2.05) is 0 Å². The average molecular weight is 272 g/mol. The van der Waals surface area contributed by atoms with Crippen LogP contribution >= 0.6 is 0 Å². The fraction of sp³-hybridized carbons (Fsp3) is 0.438. The van der Waals surface area contributed by atoms with Gasteiger partial charge in [-0.05, 0) is 37.8 Å². The van der Waals surface area contributed by atoms with Gasteiger partial charge in [0.15, 0.2) is 5.96 Å². The summed E-state index contributed by atoms with van der Waals surface area (Å²) >= 11 is 0. The largest absolute Gasteiger partial charge is 0.356 e. The highest BCUT2D eigenvalue weighted by molar-refractivity contribution is 5.80. The monoisotopic (exact) mass is 272 g/mol. The van der Waals surface area contributed by atoms with Gasteiger partial charge in [-0.3, -0.25) is 4.99 Å². The van der Waals surface area contributed by atoms with E-state index < -0.39 is 0 Å². The van der Waals surface area contributed by atoms with E-state index in [2.05, 4.69) is 70.6 Å². The molecule has 0 spiro atoms. The number of aryl methyl sites for hydroxylation is 1. The Morgan fingerprint density at radius 1 is 1.25 bits per heavy atom. The summed E-state index contributed by atoms with van der Waals surface area (Å²) in [6.07, 6.45) is 3.23. The van der Waals surface area contributed by atoms with E-state index >= 15 is 0 Å². The Kier molecular flexibility index (Phi) is 5.04. The first-order valence-electron chi connectivity index (χ1n) is 7.22. The number of fused-ring (bicyclic) bond motifs is 1. The number of aliphatic imine (C=N–C) groups is 1. The van der Waals surface area contributed by atoms with Crippen LogP contribution in [0.1, 0.15) is 20.3 Å². The van der Waals surface area contributed by atoms with Crippen LogP contribution in [0.25, 0.3) is 10.9 Å². The van der Waals surface area contributed by atoms with Crippen LogP contribution in [-0.2, 0) is 6.54 Å². The maximum atomic E-state index is 4.20. The van der Waals surface area contributed by atoms with Gasteiger partial charge in [0, 0.05) is 37.9 Å². The van der Waals surface area contributed by atoms with Gasteiger partial charge in [-0.25, -0.2) is 0 Å². The topological polar surface area (TPSA) is 41.4 Å². The molecule has 1 heterocycles. The number of aromatic nitrogens is 1. The number of guanidine groups is 1. The molecule has 108 valence electrons. The van der Waals surface area contributed by atoms with Crippen molar-refractivity contribution in [2.45, 2.75) is 32.9 Å². The molecule has 0 aliphatic rings. The molecule has 20 heavy (non-hydrogen) atoms. The van der Waals surface area contributed by atoms with Crippen molar-refractivity contribution in [3.8, 4) is 0 Å². The molecule has 0 fully saturated rings. The Morgan fingerprint density at radius 3 is 2.80 bits per heavy atom. The van der Waals surface area contributed by atoms with E-state index in [0.29, 0.717) is 6.04 Å². The second kappa shape index (κ2) is 6.98. The molecule has 0 aliphatic heterocycles. The first-order chi connectivity index (χ1) is 9.70. The number of nitrogens with zero attached hydrogens (tertiary/aromatic N) is 2. The lowest BCUT2D eigenvalue weighted by Crippen LogP contribution is -2.41. The van der Waals surface area contributed by atoms with Gasteiger partial charge in [0.25, 0.3) is 0 Å². The summed E-state index contributed by atoms with van der Waals surface area (Å²) in [7, 11) is 1.80. The molecular weight excluding hydrogens is 248 g/mol. The van der Waals surface area contributed by atoms with Crippen molar-refractivity contribution in [3.05, 3.63) is 36.5 Å². The third-order valence-electron chi connectivity index (χ3n) is 3.20. The normalized spacial score (nSPS) is 12.1. The summed E-state index contributed by atoms with van der Waals surface area (Å²) in [5.41, 5.74) is 1.30. The average Bonchev–Trinajstić information content (AvgIpc) is 2.85. The van der Waals surface area contributed by atoms with Crippen molar-refractivity contribution in [1.29, 1.82) is 0 Å². The minimum absolute atomic E-state index is 0.398. The van der Waals surface area contributed by atoms with Crippen LogP contribution in [0.4, 0.5) is 0 Å². The highest BCUT2D eigenvalue weighted by Gasteiger charge is 2.01. The van der Waals surface area contributed by atoms with Crippen LogP contribution in [0.3, 0.4) is 0 Å². The zero-order valence-electron chi connectivity index (χ0n) is 12.6. The molecule has 0 saturated heterocycles. The predicted molar refractivity (Wildman–Crippen MR) is 86.2 cm³/mol. The lowest BCUT2D eigenvalue weighted by molar-refractivity contribution is 0.631. The Morgan fingerprint density at radius 2 is 2.05 bits per heavy atom. The number of benzene rings is 1. The lowest BCUT2D eigenvalue weighted by Gasteiger charge is -2.14. The number of hydrogen-bond donors (Lipinski definition) is 2. The van der Waals surface area contributed by atoms with Gasteiger partial charge in [0.05, 0.1) is 0 Å². The molecule has 0 radical (unpaired) electrons. The minimum Gasteiger partial charge on any atom is -0.356 e. The summed E-state index contributed by atoms with van der Waals surface area (Å²) < 4.78 is 2.30. The quantitative estimate of drug-likeness (QED) is 0.499. The van der Waals surface area contributed by atoms with E-state index in [9.17, 15) is 0 Å². The van der Waals surface area contributed by atoms with Gasteiger partial charge in [-0.1, -0.05) is 18.2 Å². The highest BCUT2D eigenvalue weighted by atomic mass is 15.2. The lowest BCUT2D eigenvalue weighted by atomic mass is 10.2. The molecule has 2 rings (SSSR count). The third-order valence-corrected chi connectivity index (χ3v) is 3.20. The molecule has 1 aromatic carbocycles. The Hall–Kier alpha value is -1.97. The fourth-order valence-electron chi connectivity index (χ4n) is 2.26. The number of nitrogens with one attached hydrogen (secondary N) is 2. The number of rotatable bonds is 5. The predicted octanol–water partition coefficient (Wildman–Crippen LogP) is 2.60. The van der Waals surface area contributed by atoms with Crippen LogP contribution in [0.5, 0.6) is 0 Å². The molecule has 2 N–H and O–H groups in total. The van der Waals surface area contributed by atoms with Gasteiger partial charge < -0.3 is 15.2 Å². The standard InChI is InChI=1S/C16H24N4/c1-13(2)19-16(17-3)18-10-6-11-20-12-9-14-7-4-5-8-15(14)20/h4-5,7-9,12-13H,6,10-11H2,1-3H3,(H2,17,18,19). The summed E-state index contributed by atoms with van der Waals surface area (Å²) in [6, 6.07) is 11.1. The van der Waals surface area contributed by atoms with E-state index in [4.69, 9.17) is 0 Å². The Bertz CT molecular complexity index is 569. The van der Waals surface area contributed by atoms with Crippen molar-refractivity contribution < 1.29 is 0 Å². The first kappa shape index (κ1) is 14.4. The van der Waals surface area contributed by atoms with Crippen LogP contribution in [0.15, 0.2) is 41.5 Å². The van der Waals surface area contributed by atoms with Crippen molar-refractivity contribution in [2.75, 3.05) is 13.6 Å². The van der Waals surface area contributed by atoms with Crippen molar-refractivity contribution >= 4 is 16.9 Å². The van der Waals surface area contributed by atoms with Crippen molar-refractivity contribution in [3.63, 3.8) is 0 Å². The summed E-state index contributed by atoms with van der Waals surface area (Å²) in [4.78, 5) is 4.20. The SMILES string of the molecule is CN=C(NCCCn1ccc2ccccc21)NC(C)C. The highest BCUT2D eigenvalue weighted by Crippen LogP contribution is 2.15. The zero-order chi connectivity index (χ0) is 14.4. The Balaban J connectivity index is 1.81. The maximum Gasteiger partial charge on any atom is 0.191 e. The van der Waals surface area contributed by atoms with E-state index in [1.165, 1.54) is 10.9 Å².